The van der Waals surface area contributed by atoms with E-state index in [2.05, 4.69) is 0 Å². The van der Waals surface area contributed by atoms with Crippen molar-refractivity contribution in [3.05, 3.63) is 77.0 Å². The van der Waals surface area contributed by atoms with Crippen LogP contribution in [0.2, 0.25) is 0 Å². The summed E-state index contributed by atoms with van der Waals surface area (Å²) in [6.07, 6.45) is -0.448. The minimum atomic E-state index is -0.977. The lowest BCUT2D eigenvalue weighted by Gasteiger charge is -2.26. The molecule has 0 saturated heterocycles. The van der Waals surface area contributed by atoms with Crippen LogP contribution in [0.25, 0.3) is 11.3 Å². The second-order valence-electron chi connectivity index (χ2n) is 6.91. The van der Waals surface area contributed by atoms with Crippen LogP contribution in [0.1, 0.15) is 29.8 Å². The van der Waals surface area contributed by atoms with Crippen LogP contribution in [0.5, 0.6) is 0 Å². The molecule has 0 aliphatic carbocycles. The van der Waals surface area contributed by atoms with Gasteiger partial charge in [-0.2, -0.15) is 5.10 Å². The second-order valence-corrected chi connectivity index (χ2v) is 6.91. The lowest BCUT2D eigenvalue weighted by atomic mass is 10.0. The Morgan fingerprint density at radius 1 is 1.07 bits per heavy atom. The van der Waals surface area contributed by atoms with E-state index in [1.807, 2.05) is 11.6 Å². The number of carboxylic acid groups (broad SMARTS) is 1. The van der Waals surface area contributed by atoms with Crippen molar-refractivity contribution in [1.29, 1.82) is 0 Å². The van der Waals surface area contributed by atoms with Gasteiger partial charge in [0.05, 0.1) is 18.3 Å². The van der Waals surface area contributed by atoms with Crippen molar-refractivity contribution >= 4 is 6.09 Å². The third kappa shape index (κ3) is 3.24. The highest BCUT2D eigenvalue weighted by molar-refractivity contribution is 5.69. The number of aromatic nitrogens is 2. The van der Waals surface area contributed by atoms with Crippen LogP contribution in [-0.2, 0) is 13.0 Å². The van der Waals surface area contributed by atoms with Crippen molar-refractivity contribution in [2.75, 3.05) is 6.54 Å². The van der Waals surface area contributed by atoms with Gasteiger partial charge in [0.1, 0.15) is 11.6 Å². The summed E-state index contributed by atoms with van der Waals surface area (Å²) >= 11 is 0. The SMILES string of the molecule is C[C@@H](c1ccc(F)cc1)n1nc(-c2ccc(F)cc2)c2c1CCN(C(=O)O)C2. The average Bonchev–Trinajstić information content (AvgIpc) is 3.07. The minimum Gasteiger partial charge on any atom is -0.465 e. The van der Waals surface area contributed by atoms with Gasteiger partial charge >= 0.3 is 6.09 Å². The molecule has 0 bridgehead atoms. The summed E-state index contributed by atoms with van der Waals surface area (Å²) in [5.74, 6) is -0.647. The summed E-state index contributed by atoms with van der Waals surface area (Å²) < 4.78 is 28.5. The molecule has 28 heavy (non-hydrogen) atoms. The van der Waals surface area contributed by atoms with E-state index in [-0.39, 0.29) is 24.2 Å². The fourth-order valence-corrected chi connectivity index (χ4v) is 3.65. The van der Waals surface area contributed by atoms with E-state index in [0.717, 1.165) is 22.4 Å². The number of carbonyl (C=O) groups is 1. The van der Waals surface area contributed by atoms with E-state index < -0.39 is 6.09 Å². The first-order valence-electron chi connectivity index (χ1n) is 9.03. The first-order valence-corrected chi connectivity index (χ1v) is 9.03. The van der Waals surface area contributed by atoms with E-state index in [0.29, 0.717) is 18.7 Å². The number of halogens is 2. The number of rotatable bonds is 3. The van der Waals surface area contributed by atoms with Crippen LogP contribution in [0.3, 0.4) is 0 Å². The van der Waals surface area contributed by atoms with Gasteiger partial charge in [0.2, 0.25) is 0 Å². The molecule has 2 aromatic carbocycles. The molecule has 2 heterocycles. The van der Waals surface area contributed by atoms with Gasteiger partial charge in [-0.05, 0) is 48.9 Å². The number of hydrogen-bond acceptors (Lipinski definition) is 2. The van der Waals surface area contributed by atoms with Crippen LogP contribution >= 0.6 is 0 Å². The van der Waals surface area contributed by atoms with E-state index in [1.54, 1.807) is 24.3 Å². The summed E-state index contributed by atoms with van der Waals surface area (Å²) in [6, 6.07) is 12.1. The van der Waals surface area contributed by atoms with E-state index in [4.69, 9.17) is 5.10 Å². The zero-order chi connectivity index (χ0) is 19.8. The van der Waals surface area contributed by atoms with Crippen molar-refractivity contribution < 1.29 is 18.7 Å². The third-order valence-corrected chi connectivity index (χ3v) is 5.19. The Balaban J connectivity index is 1.81. The van der Waals surface area contributed by atoms with E-state index in [1.165, 1.54) is 29.2 Å². The summed E-state index contributed by atoms with van der Waals surface area (Å²) in [5.41, 5.74) is 4.06. The fraction of sp³-hybridized carbons (Fsp3) is 0.238. The second kappa shape index (κ2) is 7.07. The molecular weight excluding hydrogens is 364 g/mol. The number of amides is 1. The lowest BCUT2D eigenvalue weighted by molar-refractivity contribution is 0.139. The molecular formula is C21H19F2N3O2. The largest absolute Gasteiger partial charge is 0.465 e. The molecule has 5 nitrogen and oxygen atoms in total. The Labute approximate surface area is 160 Å². The van der Waals surface area contributed by atoms with Crippen LogP contribution in [0.15, 0.2) is 48.5 Å². The molecule has 144 valence electrons. The van der Waals surface area contributed by atoms with Gasteiger partial charge in [-0.3, -0.25) is 4.68 Å². The highest BCUT2D eigenvalue weighted by Crippen LogP contribution is 2.33. The minimum absolute atomic E-state index is 0.153. The number of nitrogens with zero attached hydrogens (tertiary/aromatic N) is 3. The summed E-state index contributed by atoms with van der Waals surface area (Å²) in [4.78, 5) is 12.8. The molecule has 4 rings (SSSR count). The molecule has 0 spiro atoms. The summed E-state index contributed by atoms with van der Waals surface area (Å²) in [5, 5.41) is 14.2. The zero-order valence-electron chi connectivity index (χ0n) is 15.3. The van der Waals surface area contributed by atoms with Gasteiger partial charge < -0.3 is 10.0 Å². The van der Waals surface area contributed by atoms with Gasteiger partial charge in [-0.25, -0.2) is 13.6 Å². The van der Waals surface area contributed by atoms with Gasteiger partial charge in [0, 0.05) is 29.8 Å². The monoisotopic (exact) mass is 383 g/mol. The van der Waals surface area contributed by atoms with Crippen molar-refractivity contribution in [2.45, 2.75) is 25.9 Å². The first kappa shape index (κ1) is 18.2. The smallest absolute Gasteiger partial charge is 0.407 e. The van der Waals surface area contributed by atoms with E-state index in [9.17, 15) is 18.7 Å². The molecule has 1 aromatic heterocycles. The molecule has 0 fully saturated rings. The summed E-state index contributed by atoms with van der Waals surface area (Å²) in [7, 11) is 0. The van der Waals surface area contributed by atoms with E-state index >= 15 is 0 Å². The maximum absolute atomic E-state index is 13.4. The molecule has 1 N–H and O–H groups in total. The Bertz CT molecular complexity index is 1010. The van der Waals surface area contributed by atoms with Crippen LogP contribution in [-0.4, -0.2) is 32.4 Å². The van der Waals surface area contributed by atoms with Crippen molar-refractivity contribution in [2.24, 2.45) is 0 Å². The zero-order valence-corrected chi connectivity index (χ0v) is 15.3. The highest BCUT2D eigenvalue weighted by atomic mass is 19.1. The van der Waals surface area contributed by atoms with Crippen LogP contribution in [0.4, 0.5) is 13.6 Å². The number of fused-ring (bicyclic) bond motifs is 1. The third-order valence-electron chi connectivity index (χ3n) is 5.19. The maximum Gasteiger partial charge on any atom is 0.407 e. The fourth-order valence-electron chi connectivity index (χ4n) is 3.65. The van der Waals surface area contributed by atoms with Crippen molar-refractivity contribution in [3.8, 4) is 11.3 Å². The Morgan fingerprint density at radius 3 is 2.29 bits per heavy atom. The normalized spacial score (nSPS) is 14.6. The molecule has 0 radical (unpaired) electrons. The Hall–Kier alpha value is -3.22. The molecule has 1 amide bonds. The highest BCUT2D eigenvalue weighted by Gasteiger charge is 2.29. The lowest BCUT2D eigenvalue weighted by Crippen LogP contribution is -2.35. The molecule has 3 aromatic rings. The topological polar surface area (TPSA) is 58.4 Å². The molecule has 0 saturated carbocycles. The molecule has 1 aliphatic heterocycles. The molecule has 0 unspecified atom stereocenters. The van der Waals surface area contributed by atoms with Crippen LogP contribution < -0.4 is 0 Å². The average molecular weight is 383 g/mol. The Morgan fingerprint density at radius 2 is 1.68 bits per heavy atom. The number of benzene rings is 2. The Kier molecular flexibility index (Phi) is 4.58. The summed E-state index contributed by atoms with van der Waals surface area (Å²) in [6.45, 7) is 2.58. The van der Waals surface area contributed by atoms with Crippen LogP contribution in [0, 0.1) is 11.6 Å². The quantitative estimate of drug-likeness (QED) is 0.726. The van der Waals surface area contributed by atoms with Gasteiger partial charge in [0.15, 0.2) is 0 Å². The first-order chi connectivity index (χ1) is 13.4. The predicted molar refractivity (Wildman–Crippen MR) is 100.0 cm³/mol. The molecule has 7 heteroatoms. The van der Waals surface area contributed by atoms with Crippen molar-refractivity contribution in [3.63, 3.8) is 0 Å². The predicted octanol–water partition coefficient (Wildman–Crippen LogP) is 4.47. The van der Waals surface area contributed by atoms with Crippen molar-refractivity contribution in [1.82, 2.24) is 14.7 Å². The standard InChI is InChI=1S/C21H19F2N3O2/c1-13(14-2-6-16(22)7-3-14)26-19-10-11-25(21(27)28)12-18(19)20(24-26)15-4-8-17(23)9-5-15/h2-9,13H,10-12H2,1H3,(H,27,28)/t13-/m0/s1. The number of hydrogen-bond donors (Lipinski definition) is 1. The van der Waals surface area contributed by atoms with Gasteiger partial charge in [-0.15, -0.1) is 0 Å². The maximum atomic E-state index is 13.4. The molecule has 1 aliphatic rings. The van der Waals surface area contributed by atoms with Gasteiger partial charge in [0.25, 0.3) is 0 Å². The molecule has 1 atom stereocenters. The van der Waals surface area contributed by atoms with Gasteiger partial charge in [-0.1, -0.05) is 12.1 Å².